The summed E-state index contributed by atoms with van der Waals surface area (Å²) in [6.45, 7) is 3.01. The zero-order valence-corrected chi connectivity index (χ0v) is 9.67. The van der Waals surface area contributed by atoms with Crippen molar-refractivity contribution >= 4 is 11.5 Å². The van der Waals surface area contributed by atoms with Crippen LogP contribution in [0.2, 0.25) is 0 Å². The lowest BCUT2D eigenvalue weighted by Gasteiger charge is -2.31. The van der Waals surface area contributed by atoms with E-state index >= 15 is 0 Å². The fourth-order valence-electron chi connectivity index (χ4n) is 2.07. The lowest BCUT2D eigenvalue weighted by molar-refractivity contribution is -0.385. The van der Waals surface area contributed by atoms with Crippen LogP contribution in [0.1, 0.15) is 18.5 Å². The lowest BCUT2D eigenvalue weighted by atomic mass is 10.1. The molecule has 92 valence electrons. The molecule has 17 heavy (non-hydrogen) atoms. The molecule has 0 unspecified atom stereocenters. The van der Waals surface area contributed by atoms with Crippen LogP contribution in [0.3, 0.4) is 0 Å². The van der Waals surface area contributed by atoms with E-state index in [0.717, 1.165) is 19.4 Å². The van der Waals surface area contributed by atoms with E-state index in [9.17, 15) is 15.2 Å². The molecule has 0 amide bonds. The van der Waals surface area contributed by atoms with E-state index in [0.29, 0.717) is 18.1 Å². The third kappa shape index (κ3) is 2.52. The van der Waals surface area contributed by atoms with Crippen LogP contribution in [-0.4, -0.2) is 34.2 Å². The minimum atomic E-state index is -0.433. The minimum absolute atomic E-state index is 0.0336. The van der Waals surface area contributed by atoms with Gasteiger partial charge in [-0.1, -0.05) is 0 Å². The summed E-state index contributed by atoms with van der Waals surface area (Å²) in [6.07, 6.45) is 1.39. The van der Waals surface area contributed by atoms with Crippen molar-refractivity contribution in [2.24, 2.45) is 0 Å². The third-order valence-electron chi connectivity index (χ3n) is 2.96. The molecule has 0 saturated carbocycles. The number of nitrogens with zero attached hydrogens (tertiary/aromatic N) is 3. The minimum Gasteiger partial charge on any atom is -0.391 e. The van der Waals surface area contributed by atoms with Crippen LogP contribution in [0.4, 0.5) is 11.5 Å². The second-order valence-electron chi connectivity index (χ2n) is 4.27. The molecule has 2 rings (SSSR count). The second-order valence-corrected chi connectivity index (χ2v) is 4.27. The van der Waals surface area contributed by atoms with Gasteiger partial charge in [0.15, 0.2) is 0 Å². The molecule has 1 aromatic heterocycles. The van der Waals surface area contributed by atoms with Crippen molar-refractivity contribution in [3.8, 4) is 0 Å². The number of aromatic nitrogens is 1. The first-order valence-electron chi connectivity index (χ1n) is 5.63. The fraction of sp³-hybridized carbons (Fsp3) is 0.545. The average molecular weight is 237 g/mol. The van der Waals surface area contributed by atoms with Crippen LogP contribution in [0, 0.1) is 17.0 Å². The summed E-state index contributed by atoms with van der Waals surface area (Å²) in [6, 6.07) is 3.11. The number of rotatable bonds is 2. The van der Waals surface area contributed by atoms with Gasteiger partial charge >= 0.3 is 0 Å². The van der Waals surface area contributed by atoms with Crippen LogP contribution in [-0.2, 0) is 0 Å². The van der Waals surface area contributed by atoms with E-state index in [4.69, 9.17) is 0 Å². The molecule has 0 bridgehead atoms. The fourth-order valence-corrected chi connectivity index (χ4v) is 2.07. The summed E-state index contributed by atoms with van der Waals surface area (Å²) in [5, 5.41) is 20.2. The number of hydrogen-bond donors (Lipinski definition) is 1. The van der Waals surface area contributed by atoms with Gasteiger partial charge in [-0.2, -0.15) is 0 Å². The monoisotopic (exact) mass is 237 g/mol. The second kappa shape index (κ2) is 4.67. The van der Waals surface area contributed by atoms with Gasteiger partial charge in [0.25, 0.3) is 5.69 Å². The van der Waals surface area contributed by atoms with Gasteiger partial charge in [0.05, 0.1) is 11.0 Å². The van der Waals surface area contributed by atoms with Gasteiger partial charge in [0.2, 0.25) is 0 Å². The van der Waals surface area contributed by atoms with Crippen LogP contribution in [0.5, 0.6) is 0 Å². The third-order valence-corrected chi connectivity index (χ3v) is 2.96. The Morgan fingerprint density at radius 1 is 1.59 bits per heavy atom. The van der Waals surface area contributed by atoms with Crippen molar-refractivity contribution in [1.29, 1.82) is 0 Å². The number of β-amino-alcohol motifs (C(OH)–C–C–N with tert-alkyl or cyclic N) is 1. The summed E-state index contributed by atoms with van der Waals surface area (Å²) in [4.78, 5) is 16.4. The molecule has 1 fully saturated rings. The predicted octanol–water partition coefficient (Wildman–Crippen LogP) is 1.26. The largest absolute Gasteiger partial charge is 0.391 e. The summed E-state index contributed by atoms with van der Waals surface area (Å²) in [5.41, 5.74) is 0.443. The van der Waals surface area contributed by atoms with Gasteiger partial charge in [-0.25, -0.2) is 4.98 Å². The highest BCUT2D eigenvalue weighted by Crippen LogP contribution is 2.22. The predicted molar refractivity (Wildman–Crippen MR) is 63.1 cm³/mol. The first-order valence-corrected chi connectivity index (χ1v) is 5.63. The molecule has 2 heterocycles. The Balaban J connectivity index is 2.22. The van der Waals surface area contributed by atoms with E-state index < -0.39 is 4.92 Å². The maximum atomic E-state index is 10.7. The van der Waals surface area contributed by atoms with Gasteiger partial charge in [0.1, 0.15) is 11.5 Å². The molecule has 1 atom stereocenters. The Morgan fingerprint density at radius 2 is 2.35 bits per heavy atom. The highest BCUT2D eigenvalue weighted by atomic mass is 16.6. The molecule has 1 aliphatic heterocycles. The van der Waals surface area contributed by atoms with E-state index in [1.165, 1.54) is 6.07 Å². The maximum Gasteiger partial charge on any atom is 0.290 e. The van der Waals surface area contributed by atoms with Crippen LogP contribution >= 0.6 is 0 Å². The van der Waals surface area contributed by atoms with Crippen LogP contribution in [0.15, 0.2) is 12.1 Å². The zero-order chi connectivity index (χ0) is 12.4. The van der Waals surface area contributed by atoms with Crippen molar-refractivity contribution in [2.45, 2.75) is 25.9 Å². The van der Waals surface area contributed by atoms with Crippen molar-refractivity contribution in [1.82, 2.24) is 4.98 Å². The Bertz CT molecular complexity index is 436. The van der Waals surface area contributed by atoms with E-state index in [1.54, 1.807) is 13.0 Å². The van der Waals surface area contributed by atoms with Gasteiger partial charge in [-0.15, -0.1) is 0 Å². The number of aliphatic hydroxyl groups excluding tert-OH is 1. The van der Waals surface area contributed by atoms with Crippen molar-refractivity contribution in [2.75, 3.05) is 18.0 Å². The van der Waals surface area contributed by atoms with Gasteiger partial charge in [-0.05, 0) is 25.8 Å². The lowest BCUT2D eigenvalue weighted by Crippen LogP contribution is -2.38. The molecule has 6 nitrogen and oxygen atoms in total. The molecular weight excluding hydrogens is 222 g/mol. The van der Waals surface area contributed by atoms with E-state index in [-0.39, 0.29) is 11.8 Å². The van der Waals surface area contributed by atoms with E-state index in [2.05, 4.69) is 4.98 Å². The van der Waals surface area contributed by atoms with Crippen molar-refractivity contribution in [3.63, 3.8) is 0 Å². The SMILES string of the molecule is Cc1nc(N2CCC[C@H](O)C2)ccc1[N+](=O)[O-]. The first kappa shape index (κ1) is 11.8. The summed E-state index contributed by atoms with van der Waals surface area (Å²) < 4.78 is 0. The Kier molecular flexibility index (Phi) is 3.23. The summed E-state index contributed by atoms with van der Waals surface area (Å²) >= 11 is 0. The quantitative estimate of drug-likeness (QED) is 0.618. The first-order chi connectivity index (χ1) is 8.08. The molecule has 1 saturated heterocycles. The normalized spacial score (nSPS) is 20.4. The molecule has 1 aliphatic rings. The molecule has 0 spiro atoms. The molecule has 1 N–H and O–H groups in total. The Hall–Kier alpha value is -1.69. The number of piperidine rings is 1. The van der Waals surface area contributed by atoms with Crippen molar-refractivity contribution in [3.05, 3.63) is 27.9 Å². The smallest absolute Gasteiger partial charge is 0.290 e. The molecule has 0 aromatic carbocycles. The summed E-state index contributed by atoms with van der Waals surface area (Å²) in [5.74, 6) is 0.701. The van der Waals surface area contributed by atoms with E-state index in [1.807, 2.05) is 4.90 Å². The van der Waals surface area contributed by atoms with Crippen molar-refractivity contribution < 1.29 is 10.0 Å². The molecule has 0 radical (unpaired) electrons. The van der Waals surface area contributed by atoms with Gasteiger partial charge in [0, 0.05) is 19.2 Å². The Labute approximate surface area is 99.0 Å². The molecule has 0 aliphatic carbocycles. The van der Waals surface area contributed by atoms with Gasteiger partial charge in [-0.3, -0.25) is 10.1 Å². The molecule has 1 aromatic rings. The summed E-state index contributed by atoms with van der Waals surface area (Å²) in [7, 11) is 0. The standard InChI is InChI=1S/C11H15N3O3/c1-8-10(14(16)17)4-5-11(12-8)13-6-2-3-9(15)7-13/h4-5,9,15H,2-3,6-7H2,1H3/t9-/m0/s1. The molecular formula is C11H15N3O3. The maximum absolute atomic E-state index is 10.7. The van der Waals surface area contributed by atoms with Crippen LogP contribution < -0.4 is 4.90 Å². The number of anilines is 1. The number of aryl methyl sites for hydroxylation is 1. The highest BCUT2D eigenvalue weighted by Gasteiger charge is 2.20. The van der Waals surface area contributed by atoms with Gasteiger partial charge < -0.3 is 10.0 Å². The Morgan fingerprint density at radius 3 is 2.94 bits per heavy atom. The number of pyridine rings is 1. The van der Waals surface area contributed by atoms with Crippen LogP contribution in [0.25, 0.3) is 0 Å². The topological polar surface area (TPSA) is 79.5 Å². The zero-order valence-electron chi connectivity index (χ0n) is 9.67. The molecule has 6 heteroatoms. The number of nitro groups is 1. The highest BCUT2D eigenvalue weighted by molar-refractivity contribution is 5.47. The number of aliphatic hydroxyl groups is 1. The number of hydrogen-bond acceptors (Lipinski definition) is 5. The average Bonchev–Trinajstić information content (AvgIpc) is 2.28.